The third-order valence-electron chi connectivity index (χ3n) is 3.45. The van der Waals surface area contributed by atoms with Crippen molar-refractivity contribution in [2.75, 3.05) is 20.2 Å². The van der Waals surface area contributed by atoms with Crippen LogP contribution in [0.15, 0.2) is 0 Å². The van der Waals surface area contributed by atoms with Crippen LogP contribution in [0.25, 0.3) is 0 Å². The van der Waals surface area contributed by atoms with Gasteiger partial charge in [-0.2, -0.15) is 5.10 Å². The molecule has 1 aromatic heterocycles. The molecule has 0 radical (unpaired) electrons. The van der Waals surface area contributed by atoms with Crippen LogP contribution in [0.3, 0.4) is 0 Å². The number of nitrogens with one attached hydrogen (secondary N) is 1. The van der Waals surface area contributed by atoms with Gasteiger partial charge in [0.25, 0.3) is 0 Å². The second kappa shape index (κ2) is 6.55. The van der Waals surface area contributed by atoms with Gasteiger partial charge >= 0.3 is 0 Å². The summed E-state index contributed by atoms with van der Waals surface area (Å²) in [6, 6.07) is 0. The van der Waals surface area contributed by atoms with Crippen molar-refractivity contribution in [1.29, 1.82) is 0 Å². The summed E-state index contributed by atoms with van der Waals surface area (Å²) < 4.78 is 5.62. The monoisotopic (exact) mass is 271 g/mol. The lowest BCUT2D eigenvalue weighted by atomic mass is 10.1. The van der Waals surface area contributed by atoms with E-state index in [1.807, 2.05) is 6.92 Å². The van der Waals surface area contributed by atoms with E-state index in [1.54, 1.807) is 0 Å². The number of hydrogen-bond acceptors (Lipinski definition) is 3. The van der Waals surface area contributed by atoms with Gasteiger partial charge in [0, 0.05) is 13.2 Å². The van der Waals surface area contributed by atoms with Gasteiger partial charge in [0.05, 0.1) is 22.5 Å². The number of halogens is 1. The van der Waals surface area contributed by atoms with E-state index in [0.717, 1.165) is 42.5 Å². The van der Waals surface area contributed by atoms with Gasteiger partial charge in [-0.3, -0.25) is 5.10 Å². The summed E-state index contributed by atoms with van der Waals surface area (Å²) in [5.41, 5.74) is 1.88. The van der Waals surface area contributed by atoms with Crippen LogP contribution >= 0.6 is 11.6 Å². The van der Waals surface area contributed by atoms with E-state index in [1.165, 1.54) is 19.3 Å². The highest BCUT2D eigenvalue weighted by molar-refractivity contribution is 6.31. The summed E-state index contributed by atoms with van der Waals surface area (Å²) in [4.78, 5) is 2.26. The summed E-state index contributed by atoms with van der Waals surface area (Å²) in [6.07, 6.45) is 5.28. The Morgan fingerprint density at radius 2 is 2.39 bits per heavy atom. The van der Waals surface area contributed by atoms with Crippen molar-refractivity contribution in [2.24, 2.45) is 0 Å². The van der Waals surface area contributed by atoms with E-state index in [4.69, 9.17) is 16.3 Å². The van der Waals surface area contributed by atoms with Crippen molar-refractivity contribution in [1.82, 2.24) is 15.1 Å². The molecule has 5 heteroatoms. The zero-order chi connectivity index (χ0) is 13.0. The van der Waals surface area contributed by atoms with Gasteiger partial charge in [0.2, 0.25) is 0 Å². The molecule has 1 aliphatic rings. The number of rotatable bonds is 6. The van der Waals surface area contributed by atoms with Crippen LogP contribution in [0.2, 0.25) is 5.02 Å². The Balaban J connectivity index is 1.68. The Hall–Kier alpha value is -0.580. The first-order valence-corrected chi connectivity index (χ1v) is 7.04. The molecule has 1 atom stereocenters. The topological polar surface area (TPSA) is 41.2 Å². The van der Waals surface area contributed by atoms with Crippen molar-refractivity contribution < 1.29 is 4.74 Å². The molecule has 0 unspecified atom stereocenters. The van der Waals surface area contributed by atoms with Crippen molar-refractivity contribution in [2.45, 2.75) is 45.3 Å². The highest BCUT2D eigenvalue weighted by Crippen LogP contribution is 2.19. The second-order valence-corrected chi connectivity index (χ2v) is 5.50. The first-order chi connectivity index (χ1) is 8.66. The average molecular weight is 272 g/mol. The molecule has 2 rings (SSSR count). The lowest BCUT2D eigenvalue weighted by Crippen LogP contribution is -2.20. The molecule has 0 bridgehead atoms. The molecule has 102 valence electrons. The van der Waals surface area contributed by atoms with Crippen molar-refractivity contribution in [3.05, 3.63) is 16.4 Å². The smallest absolute Gasteiger partial charge is 0.0951 e. The summed E-state index contributed by atoms with van der Waals surface area (Å²) in [5.74, 6) is 0. The van der Waals surface area contributed by atoms with E-state index < -0.39 is 0 Å². The van der Waals surface area contributed by atoms with Crippen molar-refractivity contribution >= 4 is 11.6 Å². The summed E-state index contributed by atoms with van der Waals surface area (Å²) >= 11 is 6.15. The molecule has 0 saturated carbocycles. The zero-order valence-electron chi connectivity index (χ0n) is 11.2. The first kappa shape index (κ1) is 13.8. The van der Waals surface area contributed by atoms with Crippen molar-refractivity contribution in [3.8, 4) is 0 Å². The minimum atomic E-state index is 0.495. The molecule has 4 nitrogen and oxygen atoms in total. The van der Waals surface area contributed by atoms with Gasteiger partial charge in [0.1, 0.15) is 0 Å². The van der Waals surface area contributed by atoms with Crippen LogP contribution in [0.4, 0.5) is 0 Å². The van der Waals surface area contributed by atoms with Crippen LogP contribution < -0.4 is 0 Å². The highest BCUT2D eigenvalue weighted by Gasteiger charge is 2.15. The number of aryl methyl sites for hydroxylation is 1. The summed E-state index contributed by atoms with van der Waals surface area (Å²) in [7, 11) is 2.11. The Morgan fingerprint density at radius 3 is 3.00 bits per heavy atom. The summed E-state index contributed by atoms with van der Waals surface area (Å²) in [6.45, 7) is 4.75. The minimum Gasteiger partial charge on any atom is -0.378 e. The Morgan fingerprint density at radius 1 is 1.56 bits per heavy atom. The normalized spacial score (nSPS) is 19.9. The number of ether oxygens (including phenoxy) is 1. The maximum atomic E-state index is 6.15. The number of nitrogens with zero attached hydrogens (tertiary/aromatic N) is 2. The summed E-state index contributed by atoms with van der Waals surface area (Å²) in [5, 5.41) is 7.90. The van der Waals surface area contributed by atoms with Gasteiger partial charge in [0.15, 0.2) is 0 Å². The van der Waals surface area contributed by atoms with Gasteiger partial charge in [-0.05, 0) is 46.2 Å². The van der Waals surface area contributed by atoms with E-state index in [9.17, 15) is 0 Å². The van der Waals surface area contributed by atoms with Crippen LogP contribution in [-0.4, -0.2) is 41.4 Å². The number of aromatic nitrogens is 2. The third kappa shape index (κ3) is 3.70. The number of hydrogen-bond donors (Lipinski definition) is 1. The number of H-pyrrole nitrogens is 1. The minimum absolute atomic E-state index is 0.495. The molecule has 0 aliphatic carbocycles. The predicted octanol–water partition coefficient (Wildman–Crippen LogP) is 2.76. The van der Waals surface area contributed by atoms with Crippen LogP contribution in [0.5, 0.6) is 0 Å². The van der Waals surface area contributed by atoms with E-state index in [0.29, 0.717) is 6.10 Å². The molecule has 1 fully saturated rings. The largest absolute Gasteiger partial charge is 0.378 e. The Labute approximate surface area is 114 Å². The SMILES string of the molecule is Cc1[nH]nc(CN(C)CCC[C@H]2CCCO2)c1Cl. The molecular weight excluding hydrogens is 250 g/mol. The van der Waals surface area contributed by atoms with E-state index >= 15 is 0 Å². The molecule has 2 heterocycles. The van der Waals surface area contributed by atoms with E-state index in [-0.39, 0.29) is 0 Å². The first-order valence-electron chi connectivity index (χ1n) is 6.66. The fraction of sp³-hybridized carbons (Fsp3) is 0.769. The standard InChI is InChI=1S/C13H22ClN3O/c1-10-13(14)12(16-15-10)9-17(2)7-3-5-11-6-4-8-18-11/h11H,3-9H2,1-2H3,(H,15,16)/t11-/m0/s1. The third-order valence-corrected chi connectivity index (χ3v) is 3.95. The molecule has 1 saturated heterocycles. The van der Waals surface area contributed by atoms with Gasteiger partial charge in [-0.1, -0.05) is 11.6 Å². The van der Waals surface area contributed by atoms with Crippen LogP contribution in [-0.2, 0) is 11.3 Å². The highest BCUT2D eigenvalue weighted by atomic mass is 35.5. The molecule has 18 heavy (non-hydrogen) atoms. The fourth-order valence-corrected chi connectivity index (χ4v) is 2.51. The maximum absolute atomic E-state index is 6.15. The van der Waals surface area contributed by atoms with Crippen LogP contribution in [0.1, 0.15) is 37.1 Å². The van der Waals surface area contributed by atoms with Gasteiger partial charge in [-0.15, -0.1) is 0 Å². The quantitative estimate of drug-likeness (QED) is 0.865. The molecule has 1 aromatic rings. The lowest BCUT2D eigenvalue weighted by Gasteiger charge is -2.16. The maximum Gasteiger partial charge on any atom is 0.0951 e. The lowest BCUT2D eigenvalue weighted by molar-refractivity contribution is 0.0995. The van der Waals surface area contributed by atoms with Gasteiger partial charge in [-0.25, -0.2) is 0 Å². The second-order valence-electron chi connectivity index (χ2n) is 5.12. The molecule has 0 aromatic carbocycles. The average Bonchev–Trinajstić information content (AvgIpc) is 2.95. The van der Waals surface area contributed by atoms with Crippen molar-refractivity contribution in [3.63, 3.8) is 0 Å². The molecular formula is C13H22ClN3O. The number of aromatic amines is 1. The molecule has 0 spiro atoms. The van der Waals surface area contributed by atoms with E-state index in [2.05, 4.69) is 22.1 Å². The Bertz CT molecular complexity index is 374. The molecule has 1 N–H and O–H groups in total. The van der Waals surface area contributed by atoms with Gasteiger partial charge < -0.3 is 9.64 Å². The molecule has 1 aliphatic heterocycles. The fourth-order valence-electron chi connectivity index (χ4n) is 2.37. The van der Waals surface area contributed by atoms with Crippen LogP contribution in [0, 0.1) is 6.92 Å². The Kier molecular flexibility index (Phi) is 5.03. The predicted molar refractivity (Wildman–Crippen MR) is 72.9 cm³/mol. The molecule has 0 amide bonds. The zero-order valence-corrected chi connectivity index (χ0v) is 12.0.